The lowest BCUT2D eigenvalue weighted by molar-refractivity contribution is 0.687. The summed E-state index contributed by atoms with van der Waals surface area (Å²) in [5.41, 5.74) is 3.49. The van der Waals surface area contributed by atoms with E-state index in [-0.39, 0.29) is 0 Å². The van der Waals surface area contributed by atoms with Crippen LogP contribution in [0.25, 0.3) is 0 Å². The molecule has 1 aromatic carbocycles. The minimum absolute atomic E-state index is 0.741. The second-order valence-electron chi connectivity index (χ2n) is 5.57. The summed E-state index contributed by atoms with van der Waals surface area (Å²) in [4.78, 5) is 1.27. The summed E-state index contributed by atoms with van der Waals surface area (Å²) in [5.74, 6) is 0.859. The van der Waals surface area contributed by atoms with E-state index >= 15 is 0 Å². The molecular formula is C16H20ClN3S. The number of rotatable bonds is 6. The van der Waals surface area contributed by atoms with Crippen LogP contribution in [0.2, 0.25) is 5.15 Å². The summed E-state index contributed by atoms with van der Waals surface area (Å²) in [5, 5.41) is 8.62. The maximum absolute atomic E-state index is 6.26. The summed E-state index contributed by atoms with van der Waals surface area (Å²) >= 11 is 8.06. The molecule has 0 radical (unpaired) electrons. The molecule has 3 rings (SSSR count). The third-order valence-electron chi connectivity index (χ3n) is 3.75. The highest BCUT2D eigenvalue weighted by Gasteiger charge is 2.19. The Labute approximate surface area is 135 Å². The Morgan fingerprint density at radius 2 is 2.05 bits per heavy atom. The first-order valence-corrected chi connectivity index (χ1v) is 8.63. The van der Waals surface area contributed by atoms with Gasteiger partial charge in [0.15, 0.2) is 0 Å². The maximum Gasteiger partial charge on any atom is 0.131 e. The second-order valence-corrected chi connectivity index (χ2v) is 6.97. The van der Waals surface area contributed by atoms with Crippen LogP contribution in [-0.4, -0.2) is 15.8 Å². The zero-order valence-corrected chi connectivity index (χ0v) is 14.0. The van der Waals surface area contributed by atoms with Gasteiger partial charge in [-0.2, -0.15) is 5.10 Å². The summed E-state index contributed by atoms with van der Waals surface area (Å²) in [7, 11) is 1.88. The van der Waals surface area contributed by atoms with Gasteiger partial charge in [-0.1, -0.05) is 23.7 Å². The number of nitrogens with zero attached hydrogens (tertiary/aromatic N) is 2. The van der Waals surface area contributed by atoms with E-state index in [4.69, 9.17) is 11.6 Å². The number of benzene rings is 1. The lowest BCUT2D eigenvalue weighted by atomic mass is 10.2. The van der Waals surface area contributed by atoms with Gasteiger partial charge in [0, 0.05) is 35.8 Å². The number of aryl methyl sites for hydroxylation is 2. The Kier molecular flexibility index (Phi) is 4.57. The molecule has 1 aliphatic carbocycles. The van der Waals surface area contributed by atoms with Gasteiger partial charge < -0.3 is 5.32 Å². The summed E-state index contributed by atoms with van der Waals surface area (Å²) in [6.45, 7) is 2.98. The van der Waals surface area contributed by atoms with Gasteiger partial charge in [-0.3, -0.25) is 4.68 Å². The molecule has 2 aromatic rings. The van der Waals surface area contributed by atoms with Crippen molar-refractivity contribution in [1.82, 2.24) is 15.1 Å². The molecule has 5 heteroatoms. The van der Waals surface area contributed by atoms with Crippen molar-refractivity contribution in [3.8, 4) is 0 Å². The minimum atomic E-state index is 0.741. The first-order valence-electron chi connectivity index (χ1n) is 7.26. The van der Waals surface area contributed by atoms with Crippen molar-refractivity contribution in [3.63, 3.8) is 0 Å². The van der Waals surface area contributed by atoms with Crippen LogP contribution in [0.5, 0.6) is 0 Å². The minimum Gasteiger partial charge on any atom is -0.310 e. The van der Waals surface area contributed by atoms with Crippen LogP contribution < -0.4 is 5.32 Å². The van der Waals surface area contributed by atoms with E-state index in [1.165, 1.54) is 23.3 Å². The molecule has 0 amide bonds. The molecule has 1 heterocycles. The summed E-state index contributed by atoms with van der Waals surface area (Å²) in [6.07, 6.45) is 2.66. The fraction of sp³-hybridized carbons (Fsp3) is 0.438. The van der Waals surface area contributed by atoms with E-state index in [9.17, 15) is 0 Å². The van der Waals surface area contributed by atoms with Gasteiger partial charge in [0.05, 0.1) is 5.69 Å². The van der Waals surface area contributed by atoms with E-state index in [0.29, 0.717) is 0 Å². The number of hydrogen-bond acceptors (Lipinski definition) is 3. The number of halogens is 1. The molecule has 0 aliphatic heterocycles. The summed E-state index contributed by atoms with van der Waals surface area (Å²) < 4.78 is 1.74. The molecule has 1 aromatic heterocycles. The Hall–Kier alpha value is -0.970. The van der Waals surface area contributed by atoms with E-state index < -0.39 is 0 Å². The topological polar surface area (TPSA) is 29.9 Å². The first kappa shape index (κ1) is 14.9. The van der Waals surface area contributed by atoms with Crippen molar-refractivity contribution in [1.29, 1.82) is 0 Å². The predicted molar refractivity (Wildman–Crippen MR) is 88.8 cm³/mol. The van der Waals surface area contributed by atoms with Crippen LogP contribution in [-0.2, 0) is 19.3 Å². The monoisotopic (exact) mass is 321 g/mol. The molecule has 0 saturated heterocycles. The van der Waals surface area contributed by atoms with Crippen molar-refractivity contribution in [2.45, 2.75) is 43.0 Å². The molecule has 21 heavy (non-hydrogen) atoms. The standard InChI is InChI=1S/C16H20ClN3S/c1-11-15(16(17)20(2)19-11)10-21-14-7-3-12(4-8-14)9-18-13-5-6-13/h3-4,7-8,13,18H,5-6,9-10H2,1-2H3. The number of hydrogen-bond donors (Lipinski definition) is 1. The van der Waals surface area contributed by atoms with Crippen LogP contribution in [0.4, 0.5) is 0 Å². The molecule has 0 bridgehead atoms. The van der Waals surface area contributed by atoms with Crippen molar-refractivity contribution < 1.29 is 0 Å². The van der Waals surface area contributed by atoms with Crippen molar-refractivity contribution in [3.05, 3.63) is 46.2 Å². The van der Waals surface area contributed by atoms with Gasteiger partial charge in [-0.25, -0.2) is 0 Å². The van der Waals surface area contributed by atoms with E-state index in [1.807, 2.05) is 14.0 Å². The number of aromatic nitrogens is 2. The first-order chi connectivity index (χ1) is 10.1. The van der Waals surface area contributed by atoms with Crippen molar-refractivity contribution in [2.24, 2.45) is 7.05 Å². The highest BCUT2D eigenvalue weighted by molar-refractivity contribution is 7.98. The molecule has 0 unspecified atom stereocenters. The van der Waals surface area contributed by atoms with Gasteiger partial charge in [0.2, 0.25) is 0 Å². The van der Waals surface area contributed by atoms with Crippen molar-refractivity contribution >= 4 is 23.4 Å². The lowest BCUT2D eigenvalue weighted by Crippen LogP contribution is -2.14. The molecule has 112 valence electrons. The zero-order valence-electron chi connectivity index (χ0n) is 12.4. The quantitative estimate of drug-likeness (QED) is 0.818. The average molecular weight is 322 g/mol. The zero-order chi connectivity index (χ0) is 14.8. The van der Waals surface area contributed by atoms with Gasteiger partial charge >= 0.3 is 0 Å². The van der Waals surface area contributed by atoms with Crippen LogP contribution in [0.15, 0.2) is 29.2 Å². The predicted octanol–water partition coefficient (Wildman–Crippen LogP) is 3.93. The SMILES string of the molecule is Cc1nn(C)c(Cl)c1CSc1ccc(CNC2CC2)cc1. The third-order valence-corrected chi connectivity index (χ3v) is 5.26. The fourth-order valence-electron chi connectivity index (χ4n) is 2.25. The molecule has 3 nitrogen and oxygen atoms in total. The fourth-order valence-corrected chi connectivity index (χ4v) is 3.55. The van der Waals surface area contributed by atoms with Crippen LogP contribution in [0.3, 0.4) is 0 Å². The smallest absolute Gasteiger partial charge is 0.131 e. The van der Waals surface area contributed by atoms with E-state index in [0.717, 1.165) is 34.7 Å². The lowest BCUT2D eigenvalue weighted by Gasteiger charge is -2.05. The number of thioether (sulfide) groups is 1. The molecule has 0 spiro atoms. The molecule has 1 fully saturated rings. The van der Waals surface area contributed by atoms with Crippen LogP contribution in [0.1, 0.15) is 29.7 Å². The third kappa shape index (κ3) is 3.82. The van der Waals surface area contributed by atoms with Gasteiger partial charge in [-0.15, -0.1) is 11.8 Å². The Morgan fingerprint density at radius 1 is 1.33 bits per heavy atom. The van der Waals surface area contributed by atoms with Crippen molar-refractivity contribution in [2.75, 3.05) is 0 Å². The van der Waals surface area contributed by atoms with E-state index in [1.54, 1.807) is 16.4 Å². The number of nitrogens with one attached hydrogen (secondary N) is 1. The summed E-state index contributed by atoms with van der Waals surface area (Å²) in [6, 6.07) is 9.54. The largest absolute Gasteiger partial charge is 0.310 e. The van der Waals surface area contributed by atoms with Crippen LogP contribution in [0, 0.1) is 6.92 Å². The highest BCUT2D eigenvalue weighted by Crippen LogP contribution is 2.28. The van der Waals surface area contributed by atoms with Gasteiger partial charge in [0.1, 0.15) is 5.15 Å². The molecule has 1 saturated carbocycles. The molecule has 1 N–H and O–H groups in total. The second kappa shape index (κ2) is 6.42. The highest BCUT2D eigenvalue weighted by atomic mass is 35.5. The van der Waals surface area contributed by atoms with Crippen LogP contribution >= 0.6 is 23.4 Å². The maximum atomic E-state index is 6.26. The average Bonchev–Trinajstić information content (AvgIpc) is 3.26. The van der Waals surface area contributed by atoms with E-state index in [2.05, 4.69) is 34.7 Å². The Morgan fingerprint density at radius 3 is 2.62 bits per heavy atom. The Bertz CT molecular complexity index is 617. The molecule has 0 atom stereocenters. The molecule has 1 aliphatic rings. The van der Waals surface area contributed by atoms with Gasteiger partial charge in [0.25, 0.3) is 0 Å². The van der Waals surface area contributed by atoms with Gasteiger partial charge in [-0.05, 0) is 37.5 Å². The molecular weight excluding hydrogens is 302 g/mol. The normalized spacial score (nSPS) is 14.6. The Balaban J connectivity index is 1.57.